The first-order valence-corrected chi connectivity index (χ1v) is 9.81. The number of hydrogen-bond donors (Lipinski definition) is 2. The van der Waals surface area contributed by atoms with Crippen LogP contribution >= 0.6 is 0 Å². The third-order valence-corrected chi connectivity index (χ3v) is 5.31. The minimum absolute atomic E-state index is 0.00515. The summed E-state index contributed by atoms with van der Waals surface area (Å²) in [6, 6.07) is 10.4. The third kappa shape index (κ3) is 5.62. The Bertz CT molecular complexity index is 789. The molecule has 0 atom stereocenters. The molecule has 1 fully saturated rings. The Kier molecular flexibility index (Phi) is 7.12. The quantitative estimate of drug-likeness (QED) is 0.772. The second-order valence-corrected chi connectivity index (χ2v) is 7.26. The van der Waals surface area contributed by atoms with Gasteiger partial charge in [-0.1, -0.05) is 24.3 Å². The summed E-state index contributed by atoms with van der Waals surface area (Å²) in [5, 5.41) is 5.86. The number of aromatic nitrogens is 1. The van der Waals surface area contributed by atoms with Gasteiger partial charge in [0.05, 0.1) is 0 Å². The second-order valence-electron chi connectivity index (χ2n) is 7.26. The van der Waals surface area contributed by atoms with E-state index in [9.17, 15) is 14.0 Å². The molecule has 1 heterocycles. The molecule has 1 aliphatic rings. The highest BCUT2D eigenvalue weighted by Gasteiger charge is 2.29. The van der Waals surface area contributed by atoms with Crippen molar-refractivity contribution in [1.29, 1.82) is 0 Å². The Balaban J connectivity index is 1.36. The van der Waals surface area contributed by atoms with E-state index in [0.717, 1.165) is 5.56 Å². The third-order valence-electron chi connectivity index (χ3n) is 5.31. The van der Waals surface area contributed by atoms with Gasteiger partial charge in [-0.3, -0.25) is 14.6 Å². The minimum atomic E-state index is -0.241. The highest BCUT2D eigenvalue weighted by Crippen LogP contribution is 2.29. The van der Waals surface area contributed by atoms with Crippen LogP contribution in [0.25, 0.3) is 0 Å². The van der Waals surface area contributed by atoms with Crippen molar-refractivity contribution in [3.8, 4) is 0 Å². The number of nitrogens with one attached hydrogen (secondary N) is 2. The van der Waals surface area contributed by atoms with Crippen molar-refractivity contribution in [3.63, 3.8) is 0 Å². The molecular formula is C22H26FN3O2. The molecule has 0 spiro atoms. The highest BCUT2D eigenvalue weighted by molar-refractivity contribution is 5.81. The van der Waals surface area contributed by atoms with Gasteiger partial charge in [-0.25, -0.2) is 4.39 Å². The van der Waals surface area contributed by atoms with E-state index in [0.29, 0.717) is 50.8 Å². The van der Waals surface area contributed by atoms with Crippen molar-refractivity contribution in [2.75, 3.05) is 6.54 Å². The number of carbonyl (C=O) groups is 2. The maximum atomic E-state index is 13.6. The standard InChI is InChI=1S/C22H26FN3O2/c23-20-6-2-1-5-17(20)11-13-25-21(27)18-7-9-19(10-8-18)22(28)26-15-16-4-3-12-24-14-16/h1-6,12,14,18-19H,7-11,13,15H2,(H,25,27)(H,26,28). The Morgan fingerprint density at radius 1 is 0.964 bits per heavy atom. The lowest BCUT2D eigenvalue weighted by Crippen LogP contribution is -2.38. The fourth-order valence-electron chi connectivity index (χ4n) is 3.62. The van der Waals surface area contributed by atoms with Crippen molar-refractivity contribution in [1.82, 2.24) is 15.6 Å². The molecular weight excluding hydrogens is 357 g/mol. The smallest absolute Gasteiger partial charge is 0.223 e. The van der Waals surface area contributed by atoms with Crippen molar-refractivity contribution in [2.45, 2.75) is 38.6 Å². The average Bonchev–Trinajstić information content (AvgIpc) is 2.74. The maximum absolute atomic E-state index is 13.6. The number of rotatable bonds is 7. The molecule has 0 unspecified atom stereocenters. The van der Waals surface area contributed by atoms with E-state index in [1.54, 1.807) is 30.6 Å². The van der Waals surface area contributed by atoms with Gasteiger partial charge in [0.15, 0.2) is 0 Å². The van der Waals surface area contributed by atoms with Crippen LogP contribution in [0, 0.1) is 17.7 Å². The molecule has 1 aromatic carbocycles. The molecule has 148 valence electrons. The predicted molar refractivity (Wildman–Crippen MR) is 105 cm³/mol. The van der Waals surface area contributed by atoms with Crippen LogP contribution in [0.4, 0.5) is 4.39 Å². The molecule has 5 nitrogen and oxygen atoms in total. The molecule has 0 radical (unpaired) electrons. The summed E-state index contributed by atoms with van der Waals surface area (Å²) in [5.41, 5.74) is 1.58. The summed E-state index contributed by atoms with van der Waals surface area (Å²) >= 11 is 0. The Morgan fingerprint density at radius 2 is 1.64 bits per heavy atom. The van der Waals surface area contributed by atoms with Crippen LogP contribution in [0.5, 0.6) is 0 Å². The van der Waals surface area contributed by atoms with Gasteiger partial charge in [-0.15, -0.1) is 0 Å². The first-order valence-electron chi connectivity index (χ1n) is 9.81. The van der Waals surface area contributed by atoms with Crippen LogP contribution in [0.1, 0.15) is 36.8 Å². The molecule has 2 N–H and O–H groups in total. The van der Waals surface area contributed by atoms with Gasteiger partial charge >= 0.3 is 0 Å². The van der Waals surface area contributed by atoms with Gasteiger partial charge in [0.1, 0.15) is 5.82 Å². The van der Waals surface area contributed by atoms with E-state index in [1.165, 1.54) is 6.07 Å². The fraction of sp³-hybridized carbons (Fsp3) is 0.409. The van der Waals surface area contributed by atoms with E-state index >= 15 is 0 Å². The van der Waals surface area contributed by atoms with E-state index in [4.69, 9.17) is 0 Å². The van der Waals surface area contributed by atoms with E-state index in [1.807, 2.05) is 12.1 Å². The van der Waals surface area contributed by atoms with Crippen molar-refractivity contribution in [2.24, 2.45) is 11.8 Å². The zero-order valence-corrected chi connectivity index (χ0v) is 15.9. The van der Waals surface area contributed by atoms with E-state index in [2.05, 4.69) is 15.6 Å². The van der Waals surface area contributed by atoms with Crippen LogP contribution in [0.2, 0.25) is 0 Å². The summed E-state index contributed by atoms with van der Waals surface area (Å²) in [6.45, 7) is 0.897. The lowest BCUT2D eigenvalue weighted by molar-refractivity contribution is -0.130. The van der Waals surface area contributed by atoms with Crippen LogP contribution in [0.15, 0.2) is 48.8 Å². The minimum Gasteiger partial charge on any atom is -0.356 e. The second kappa shape index (κ2) is 9.97. The summed E-state index contributed by atoms with van der Waals surface area (Å²) in [4.78, 5) is 28.7. The molecule has 2 amide bonds. The number of pyridine rings is 1. The van der Waals surface area contributed by atoms with Crippen LogP contribution in [-0.2, 0) is 22.6 Å². The Morgan fingerprint density at radius 3 is 2.29 bits per heavy atom. The number of amides is 2. The van der Waals surface area contributed by atoms with Crippen LogP contribution < -0.4 is 10.6 Å². The summed E-state index contributed by atoms with van der Waals surface area (Å²) in [6.07, 6.45) is 6.75. The lowest BCUT2D eigenvalue weighted by Gasteiger charge is -2.27. The molecule has 1 saturated carbocycles. The first kappa shape index (κ1) is 20.0. The monoisotopic (exact) mass is 383 g/mol. The number of halogens is 1. The van der Waals surface area contributed by atoms with Crippen LogP contribution in [0.3, 0.4) is 0 Å². The van der Waals surface area contributed by atoms with Gasteiger partial charge < -0.3 is 10.6 Å². The highest BCUT2D eigenvalue weighted by atomic mass is 19.1. The average molecular weight is 383 g/mol. The van der Waals surface area contributed by atoms with E-state index < -0.39 is 0 Å². The molecule has 0 bridgehead atoms. The van der Waals surface area contributed by atoms with Gasteiger partial charge in [0.25, 0.3) is 0 Å². The van der Waals surface area contributed by atoms with Crippen molar-refractivity contribution >= 4 is 11.8 Å². The molecule has 0 saturated heterocycles. The summed E-state index contributed by atoms with van der Waals surface area (Å²) < 4.78 is 13.6. The van der Waals surface area contributed by atoms with Crippen LogP contribution in [-0.4, -0.2) is 23.3 Å². The topological polar surface area (TPSA) is 71.1 Å². The Labute approximate surface area is 164 Å². The molecule has 28 heavy (non-hydrogen) atoms. The predicted octanol–water partition coefficient (Wildman–Crippen LogP) is 3.00. The molecule has 0 aliphatic heterocycles. The van der Waals surface area contributed by atoms with Gasteiger partial charge in [0.2, 0.25) is 11.8 Å². The molecule has 2 aromatic rings. The molecule has 1 aromatic heterocycles. The summed E-state index contributed by atoms with van der Waals surface area (Å²) in [5.74, 6) is -0.301. The van der Waals surface area contributed by atoms with Crippen molar-refractivity contribution in [3.05, 3.63) is 65.7 Å². The number of hydrogen-bond acceptors (Lipinski definition) is 3. The largest absolute Gasteiger partial charge is 0.356 e. The molecule has 6 heteroatoms. The summed E-state index contributed by atoms with van der Waals surface area (Å²) in [7, 11) is 0. The normalized spacial score (nSPS) is 19.0. The van der Waals surface area contributed by atoms with Gasteiger partial charge in [-0.05, 0) is 55.4 Å². The number of carbonyl (C=O) groups excluding carboxylic acids is 2. The zero-order valence-electron chi connectivity index (χ0n) is 15.9. The van der Waals surface area contributed by atoms with Crippen molar-refractivity contribution < 1.29 is 14.0 Å². The Hall–Kier alpha value is -2.76. The first-order chi connectivity index (χ1) is 13.6. The van der Waals surface area contributed by atoms with Gasteiger partial charge in [-0.2, -0.15) is 0 Å². The SMILES string of the molecule is O=C(NCCc1ccccc1F)C1CCC(C(=O)NCc2cccnc2)CC1. The number of benzene rings is 1. The lowest BCUT2D eigenvalue weighted by atomic mass is 9.81. The zero-order chi connectivity index (χ0) is 19.8. The molecule has 1 aliphatic carbocycles. The van der Waals surface area contributed by atoms with Gasteiger partial charge in [0, 0.05) is 37.3 Å². The maximum Gasteiger partial charge on any atom is 0.223 e. The molecule has 3 rings (SSSR count). The number of nitrogens with zero attached hydrogens (tertiary/aromatic N) is 1. The van der Waals surface area contributed by atoms with E-state index in [-0.39, 0.29) is 29.5 Å². The fourth-order valence-corrected chi connectivity index (χ4v) is 3.62.